The van der Waals surface area contributed by atoms with Crippen molar-refractivity contribution in [3.8, 4) is 0 Å². The number of nitrogens with zero attached hydrogens (tertiary/aromatic N) is 3. The number of carbonyl (C=O) groups is 1. The lowest BCUT2D eigenvalue weighted by molar-refractivity contribution is 0.0243. The van der Waals surface area contributed by atoms with Gasteiger partial charge < -0.3 is 18.9 Å². The summed E-state index contributed by atoms with van der Waals surface area (Å²) in [5.74, 6) is 0.849. The zero-order valence-corrected chi connectivity index (χ0v) is 16.8. The van der Waals surface area contributed by atoms with E-state index in [9.17, 15) is 4.79 Å². The smallest absolute Gasteiger partial charge is 0.256 e. The van der Waals surface area contributed by atoms with Gasteiger partial charge in [0.2, 0.25) is 0 Å². The molecule has 0 radical (unpaired) electrons. The van der Waals surface area contributed by atoms with Crippen molar-refractivity contribution < 1.29 is 14.3 Å². The molecule has 0 atom stereocenters. The molecule has 0 N–H and O–H groups in total. The zero-order valence-electron chi connectivity index (χ0n) is 16.8. The van der Waals surface area contributed by atoms with Crippen molar-refractivity contribution >= 4 is 16.8 Å². The topological polar surface area (TPSA) is 46.9 Å². The Labute approximate surface area is 167 Å². The number of benzene rings is 1. The van der Waals surface area contributed by atoms with Crippen molar-refractivity contribution in [2.75, 3.05) is 59.7 Å². The van der Waals surface area contributed by atoms with E-state index in [0.717, 1.165) is 81.8 Å². The Morgan fingerprint density at radius 2 is 1.89 bits per heavy atom. The third kappa shape index (κ3) is 4.24. The number of aromatic nitrogens is 1. The van der Waals surface area contributed by atoms with Gasteiger partial charge in [-0.1, -0.05) is 18.2 Å². The maximum absolute atomic E-state index is 13.3. The standard InChI is InChI=1S/C22H31N3O3/c1-27-13-12-25-17-20(19-4-2-3-5-21(19)25)22(26)24-8-6-18(7-9-24)16-23-10-14-28-15-11-23/h2-5,17-18H,6-16H2,1H3. The molecule has 6 heteroatoms. The van der Waals surface area contributed by atoms with E-state index in [4.69, 9.17) is 9.47 Å². The van der Waals surface area contributed by atoms with Crippen LogP contribution in [-0.2, 0) is 16.0 Å². The van der Waals surface area contributed by atoms with E-state index in [1.54, 1.807) is 7.11 Å². The van der Waals surface area contributed by atoms with Gasteiger partial charge in [0.25, 0.3) is 5.91 Å². The summed E-state index contributed by atoms with van der Waals surface area (Å²) < 4.78 is 12.8. The van der Waals surface area contributed by atoms with Gasteiger partial charge in [0.15, 0.2) is 0 Å². The molecule has 0 aliphatic carbocycles. The van der Waals surface area contributed by atoms with E-state index in [0.29, 0.717) is 12.5 Å². The van der Waals surface area contributed by atoms with E-state index < -0.39 is 0 Å². The second kappa shape index (κ2) is 9.07. The van der Waals surface area contributed by atoms with Crippen LogP contribution in [0.15, 0.2) is 30.5 Å². The largest absolute Gasteiger partial charge is 0.383 e. The first-order valence-corrected chi connectivity index (χ1v) is 10.4. The van der Waals surface area contributed by atoms with Crippen molar-refractivity contribution in [3.63, 3.8) is 0 Å². The number of amides is 1. The van der Waals surface area contributed by atoms with E-state index in [-0.39, 0.29) is 5.91 Å². The molecule has 1 amide bonds. The number of rotatable bonds is 6. The maximum Gasteiger partial charge on any atom is 0.256 e. The van der Waals surface area contributed by atoms with Crippen LogP contribution in [0.25, 0.3) is 10.9 Å². The Bertz CT molecular complexity index is 789. The molecule has 1 aromatic carbocycles. The molecule has 152 valence electrons. The Kier molecular flexibility index (Phi) is 6.29. The second-order valence-corrected chi connectivity index (χ2v) is 7.89. The van der Waals surface area contributed by atoms with Crippen molar-refractivity contribution in [2.45, 2.75) is 19.4 Å². The lowest BCUT2D eigenvalue weighted by Gasteiger charge is -2.36. The lowest BCUT2D eigenvalue weighted by atomic mass is 9.95. The summed E-state index contributed by atoms with van der Waals surface area (Å²) in [6.45, 7) is 8.03. The van der Waals surface area contributed by atoms with E-state index >= 15 is 0 Å². The molecular weight excluding hydrogens is 354 g/mol. The van der Waals surface area contributed by atoms with Crippen molar-refractivity contribution in [3.05, 3.63) is 36.0 Å². The minimum atomic E-state index is 0.164. The van der Waals surface area contributed by atoms with Crippen LogP contribution in [0.5, 0.6) is 0 Å². The Morgan fingerprint density at radius 1 is 1.14 bits per heavy atom. The molecule has 0 spiro atoms. The number of likely N-dealkylation sites (tertiary alicyclic amines) is 1. The van der Waals surface area contributed by atoms with Crippen LogP contribution >= 0.6 is 0 Å². The van der Waals surface area contributed by atoms with Gasteiger partial charge in [0.05, 0.1) is 25.4 Å². The number of carbonyl (C=O) groups excluding carboxylic acids is 1. The molecule has 1 aromatic heterocycles. The summed E-state index contributed by atoms with van der Waals surface area (Å²) in [6.07, 6.45) is 4.18. The molecule has 3 heterocycles. The van der Waals surface area contributed by atoms with Gasteiger partial charge in [-0.3, -0.25) is 9.69 Å². The molecule has 2 aliphatic heterocycles. The van der Waals surface area contributed by atoms with Crippen LogP contribution in [0.3, 0.4) is 0 Å². The van der Waals surface area contributed by atoms with Gasteiger partial charge in [-0.25, -0.2) is 0 Å². The van der Waals surface area contributed by atoms with E-state index in [1.165, 1.54) is 0 Å². The summed E-state index contributed by atoms with van der Waals surface area (Å²) in [6, 6.07) is 8.17. The predicted octanol–water partition coefficient (Wildman–Crippen LogP) is 2.47. The number of morpholine rings is 1. The molecule has 2 aromatic rings. The number of hydrogen-bond acceptors (Lipinski definition) is 4. The molecule has 0 saturated carbocycles. The van der Waals surface area contributed by atoms with Crippen LogP contribution in [-0.4, -0.2) is 79.9 Å². The Balaban J connectivity index is 1.41. The van der Waals surface area contributed by atoms with Gasteiger partial charge in [-0.15, -0.1) is 0 Å². The first kappa shape index (κ1) is 19.4. The molecule has 4 rings (SSSR count). The SMILES string of the molecule is COCCn1cc(C(=O)N2CCC(CN3CCOCC3)CC2)c2ccccc21. The Hall–Kier alpha value is -1.89. The van der Waals surface area contributed by atoms with Crippen LogP contribution < -0.4 is 0 Å². The average Bonchev–Trinajstić information content (AvgIpc) is 3.12. The lowest BCUT2D eigenvalue weighted by Crippen LogP contribution is -2.44. The highest BCUT2D eigenvalue weighted by Gasteiger charge is 2.27. The highest BCUT2D eigenvalue weighted by Crippen LogP contribution is 2.26. The molecule has 2 aliphatic rings. The number of para-hydroxylation sites is 1. The van der Waals surface area contributed by atoms with E-state index in [2.05, 4.69) is 21.6 Å². The highest BCUT2D eigenvalue weighted by molar-refractivity contribution is 6.07. The molecule has 2 fully saturated rings. The summed E-state index contributed by atoms with van der Waals surface area (Å²) in [4.78, 5) is 17.8. The number of fused-ring (bicyclic) bond motifs is 1. The van der Waals surface area contributed by atoms with Crippen LogP contribution in [0.2, 0.25) is 0 Å². The molecule has 2 saturated heterocycles. The van der Waals surface area contributed by atoms with Crippen LogP contribution in [0.4, 0.5) is 0 Å². The van der Waals surface area contributed by atoms with Gasteiger partial charge in [0, 0.05) is 63.5 Å². The fourth-order valence-corrected chi connectivity index (χ4v) is 4.43. The fraction of sp³-hybridized carbons (Fsp3) is 0.591. The van der Waals surface area contributed by atoms with E-state index in [1.807, 2.05) is 23.2 Å². The van der Waals surface area contributed by atoms with Gasteiger partial charge in [-0.05, 0) is 24.8 Å². The zero-order chi connectivity index (χ0) is 19.3. The molecule has 28 heavy (non-hydrogen) atoms. The fourth-order valence-electron chi connectivity index (χ4n) is 4.43. The third-order valence-corrected chi connectivity index (χ3v) is 6.08. The molecular formula is C22H31N3O3. The monoisotopic (exact) mass is 385 g/mol. The maximum atomic E-state index is 13.3. The predicted molar refractivity (Wildman–Crippen MR) is 110 cm³/mol. The number of piperidine rings is 1. The Morgan fingerprint density at radius 3 is 2.64 bits per heavy atom. The van der Waals surface area contributed by atoms with Gasteiger partial charge in [0.1, 0.15) is 0 Å². The minimum Gasteiger partial charge on any atom is -0.383 e. The number of methoxy groups -OCH3 is 1. The molecule has 0 unspecified atom stereocenters. The third-order valence-electron chi connectivity index (χ3n) is 6.08. The number of ether oxygens (including phenoxy) is 2. The quantitative estimate of drug-likeness (QED) is 0.766. The summed E-state index contributed by atoms with van der Waals surface area (Å²) in [7, 11) is 1.71. The molecule has 6 nitrogen and oxygen atoms in total. The number of hydrogen-bond donors (Lipinski definition) is 0. The summed E-state index contributed by atoms with van der Waals surface area (Å²) in [5.41, 5.74) is 1.92. The normalized spacial score (nSPS) is 19.4. The average molecular weight is 386 g/mol. The second-order valence-electron chi connectivity index (χ2n) is 7.89. The summed E-state index contributed by atoms with van der Waals surface area (Å²) in [5, 5.41) is 1.04. The van der Waals surface area contributed by atoms with Crippen LogP contribution in [0, 0.1) is 5.92 Å². The van der Waals surface area contributed by atoms with Crippen molar-refractivity contribution in [1.82, 2.24) is 14.4 Å². The molecule has 0 bridgehead atoms. The first-order chi connectivity index (χ1) is 13.8. The highest BCUT2D eigenvalue weighted by atomic mass is 16.5. The summed E-state index contributed by atoms with van der Waals surface area (Å²) >= 11 is 0. The van der Waals surface area contributed by atoms with Gasteiger partial charge in [-0.2, -0.15) is 0 Å². The van der Waals surface area contributed by atoms with Crippen molar-refractivity contribution in [1.29, 1.82) is 0 Å². The minimum absolute atomic E-state index is 0.164. The first-order valence-electron chi connectivity index (χ1n) is 10.4. The van der Waals surface area contributed by atoms with Crippen molar-refractivity contribution in [2.24, 2.45) is 5.92 Å². The van der Waals surface area contributed by atoms with Crippen LogP contribution in [0.1, 0.15) is 23.2 Å². The van der Waals surface area contributed by atoms with Gasteiger partial charge >= 0.3 is 0 Å².